The van der Waals surface area contributed by atoms with Gasteiger partial charge in [-0.2, -0.15) is 0 Å². The molecular formula is C16H20FN3OS. The summed E-state index contributed by atoms with van der Waals surface area (Å²) in [6.45, 7) is 4.25. The average Bonchev–Trinajstić information content (AvgIpc) is 3.08. The highest BCUT2D eigenvalue weighted by molar-refractivity contribution is 7.10. The number of nitrogens with zero attached hydrogens (tertiary/aromatic N) is 3. The van der Waals surface area contributed by atoms with Gasteiger partial charge in [0, 0.05) is 31.6 Å². The summed E-state index contributed by atoms with van der Waals surface area (Å²) < 4.78 is 18.5. The van der Waals surface area contributed by atoms with E-state index in [9.17, 15) is 4.39 Å². The maximum atomic E-state index is 13.0. The van der Waals surface area contributed by atoms with Gasteiger partial charge in [0.2, 0.25) is 0 Å². The van der Waals surface area contributed by atoms with E-state index in [0.717, 1.165) is 38.7 Å². The van der Waals surface area contributed by atoms with Gasteiger partial charge in [-0.15, -0.1) is 11.3 Å². The molecule has 1 aliphatic heterocycles. The van der Waals surface area contributed by atoms with Gasteiger partial charge in [-0.25, -0.2) is 9.37 Å². The van der Waals surface area contributed by atoms with Crippen molar-refractivity contribution in [2.75, 3.05) is 44.8 Å². The molecule has 118 valence electrons. The molecule has 4 nitrogen and oxygen atoms in total. The number of rotatable bonds is 5. The number of anilines is 1. The molecule has 0 spiro atoms. The first-order chi connectivity index (χ1) is 10.7. The van der Waals surface area contributed by atoms with Crippen LogP contribution in [-0.2, 0) is 4.74 Å². The number of hydrogen-bond donors (Lipinski definition) is 0. The fourth-order valence-electron chi connectivity index (χ4n) is 2.70. The Balaban J connectivity index is 1.75. The van der Waals surface area contributed by atoms with Crippen molar-refractivity contribution in [1.82, 2.24) is 9.88 Å². The maximum Gasteiger partial charge on any atom is 0.141 e. The number of likely N-dealkylation sites (N-methyl/N-ethyl adjacent to an activating group) is 1. The predicted octanol–water partition coefficient (Wildman–Crippen LogP) is 2.79. The van der Waals surface area contributed by atoms with Crippen LogP contribution in [0.4, 0.5) is 10.2 Å². The standard InChI is InChI=1S/C16H20FN3OS/c1-19(16-5-4-13(17)11-18-16)12-14(15-3-2-10-22-15)20-6-8-21-9-7-20/h2-5,10-11,14H,6-9,12H2,1H3/t14-/m1/s1. The van der Waals surface area contributed by atoms with Gasteiger partial charge < -0.3 is 9.64 Å². The van der Waals surface area contributed by atoms with Crippen molar-refractivity contribution in [3.63, 3.8) is 0 Å². The van der Waals surface area contributed by atoms with E-state index in [4.69, 9.17) is 4.74 Å². The van der Waals surface area contributed by atoms with Gasteiger partial charge in [-0.1, -0.05) is 6.07 Å². The smallest absolute Gasteiger partial charge is 0.141 e. The van der Waals surface area contributed by atoms with Crippen LogP contribution in [0.1, 0.15) is 10.9 Å². The summed E-state index contributed by atoms with van der Waals surface area (Å²) in [5.74, 6) is 0.483. The summed E-state index contributed by atoms with van der Waals surface area (Å²) in [7, 11) is 2.00. The Morgan fingerprint density at radius 2 is 2.18 bits per heavy atom. The van der Waals surface area contributed by atoms with Crippen LogP contribution in [0.3, 0.4) is 0 Å². The lowest BCUT2D eigenvalue weighted by atomic mass is 10.1. The van der Waals surface area contributed by atoms with Crippen LogP contribution in [-0.4, -0.2) is 49.8 Å². The molecule has 0 saturated carbocycles. The highest BCUT2D eigenvalue weighted by Gasteiger charge is 2.25. The Kier molecular flexibility index (Phi) is 5.02. The van der Waals surface area contributed by atoms with Crippen molar-refractivity contribution in [1.29, 1.82) is 0 Å². The second kappa shape index (κ2) is 7.17. The molecule has 2 aromatic rings. The summed E-state index contributed by atoms with van der Waals surface area (Å²) in [5, 5.41) is 2.11. The van der Waals surface area contributed by atoms with Crippen LogP contribution in [0, 0.1) is 5.82 Å². The van der Waals surface area contributed by atoms with E-state index in [-0.39, 0.29) is 5.82 Å². The van der Waals surface area contributed by atoms with Gasteiger partial charge in [-0.3, -0.25) is 4.90 Å². The predicted molar refractivity (Wildman–Crippen MR) is 86.9 cm³/mol. The minimum Gasteiger partial charge on any atom is -0.379 e. The molecule has 6 heteroatoms. The topological polar surface area (TPSA) is 28.6 Å². The number of ether oxygens (including phenoxy) is 1. The highest BCUT2D eigenvalue weighted by Crippen LogP contribution is 2.27. The fraction of sp³-hybridized carbons (Fsp3) is 0.438. The van der Waals surface area contributed by atoms with Crippen molar-refractivity contribution >= 4 is 17.2 Å². The molecular weight excluding hydrogens is 301 g/mol. The van der Waals surface area contributed by atoms with Crippen LogP contribution >= 0.6 is 11.3 Å². The molecule has 22 heavy (non-hydrogen) atoms. The van der Waals surface area contributed by atoms with E-state index in [1.54, 1.807) is 17.4 Å². The molecule has 1 aliphatic rings. The number of hydrogen-bond acceptors (Lipinski definition) is 5. The molecule has 0 bridgehead atoms. The molecule has 3 rings (SSSR count). The van der Waals surface area contributed by atoms with Crippen molar-refractivity contribution in [3.05, 3.63) is 46.5 Å². The fourth-order valence-corrected chi connectivity index (χ4v) is 3.55. The van der Waals surface area contributed by atoms with E-state index in [1.165, 1.54) is 17.1 Å². The molecule has 1 saturated heterocycles. The molecule has 2 aromatic heterocycles. The third-order valence-electron chi connectivity index (χ3n) is 3.91. The summed E-state index contributed by atoms with van der Waals surface area (Å²) >= 11 is 1.77. The van der Waals surface area contributed by atoms with Crippen molar-refractivity contribution in [3.8, 4) is 0 Å². The first-order valence-electron chi connectivity index (χ1n) is 7.42. The Hall–Kier alpha value is -1.50. The van der Waals surface area contributed by atoms with E-state index in [2.05, 4.69) is 32.3 Å². The SMILES string of the molecule is CN(C[C@H](c1cccs1)N1CCOCC1)c1ccc(F)cn1. The number of aromatic nitrogens is 1. The molecule has 0 N–H and O–H groups in total. The third-order valence-corrected chi connectivity index (χ3v) is 4.88. The summed E-state index contributed by atoms with van der Waals surface area (Å²) in [5.41, 5.74) is 0. The third kappa shape index (κ3) is 3.63. The zero-order valence-corrected chi connectivity index (χ0v) is 13.4. The van der Waals surface area contributed by atoms with Crippen LogP contribution < -0.4 is 4.90 Å². The van der Waals surface area contributed by atoms with Gasteiger partial charge in [-0.05, 0) is 23.6 Å². The summed E-state index contributed by atoms with van der Waals surface area (Å²) in [6, 6.07) is 7.74. The molecule has 0 amide bonds. The van der Waals surface area contributed by atoms with E-state index in [0.29, 0.717) is 6.04 Å². The number of morpholine rings is 1. The van der Waals surface area contributed by atoms with E-state index in [1.807, 2.05) is 7.05 Å². The molecule has 0 aromatic carbocycles. The van der Waals surface area contributed by atoms with Gasteiger partial charge in [0.1, 0.15) is 11.6 Å². The largest absolute Gasteiger partial charge is 0.379 e. The zero-order valence-electron chi connectivity index (χ0n) is 12.6. The quantitative estimate of drug-likeness (QED) is 0.847. The lowest BCUT2D eigenvalue weighted by Crippen LogP contribution is -2.43. The number of thiophene rings is 1. The molecule has 3 heterocycles. The highest BCUT2D eigenvalue weighted by atomic mass is 32.1. The minimum absolute atomic E-state index is 0.305. The molecule has 1 atom stereocenters. The van der Waals surface area contributed by atoms with Crippen LogP contribution in [0.2, 0.25) is 0 Å². The van der Waals surface area contributed by atoms with Crippen molar-refractivity contribution in [2.45, 2.75) is 6.04 Å². The van der Waals surface area contributed by atoms with Crippen molar-refractivity contribution < 1.29 is 9.13 Å². The minimum atomic E-state index is -0.305. The van der Waals surface area contributed by atoms with Crippen LogP contribution in [0.25, 0.3) is 0 Å². The lowest BCUT2D eigenvalue weighted by Gasteiger charge is -2.36. The number of pyridine rings is 1. The first-order valence-corrected chi connectivity index (χ1v) is 8.30. The summed E-state index contributed by atoms with van der Waals surface area (Å²) in [4.78, 5) is 10.0. The molecule has 0 radical (unpaired) electrons. The Bertz CT molecular complexity index is 570. The van der Waals surface area contributed by atoms with Crippen molar-refractivity contribution in [2.24, 2.45) is 0 Å². The second-order valence-corrected chi connectivity index (χ2v) is 6.37. The van der Waals surface area contributed by atoms with Gasteiger partial charge in [0.25, 0.3) is 0 Å². The summed E-state index contributed by atoms with van der Waals surface area (Å²) in [6.07, 6.45) is 1.26. The van der Waals surface area contributed by atoms with Gasteiger partial charge >= 0.3 is 0 Å². The molecule has 1 fully saturated rings. The van der Waals surface area contributed by atoms with E-state index < -0.39 is 0 Å². The normalized spacial score (nSPS) is 17.4. The average molecular weight is 321 g/mol. The lowest BCUT2D eigenvalue weighted by molar-refractivity contribution is 0.0183. The Morgan fingerprint density at radius 3 is 2.82 bits per heavy atom. The van der Waals surface area contributed by atoms with Crippen LogP contribution in [0.5, 0.6) is 0 Å². The molecule has 0 unspecified atom stereocenters. The van der Waals surface area contributed by atoms with Gasteiger partial charge in [0.15, 0.2) is 0 Å². The van der Waals surface area contributed by atoms with Gasteiger partial charge in [0.05, 0.1) is 25.5 Å². The zero-order chi connectivity index (χ0) is 15.4. The number of halogens is 1. The maximum absolute atomic E-state index is 13.0. The Morgan fingerprint density at radius 1 is 1.36 bits per heavy atom. The van der Waals surface area contributed by atoms with Crippen LogP contribution in [0.15, 0.2) is 35.8 Å². The second-order valence-electron chi connectivity index (χ2n) is 5.39. The molecule has 0 aliphatic carbocycles. The van der Waals surface area contributed by atoms with E-state index >= 15 is 0 Å². The first kappa shape index (κ1) is 15.4. The Labute approximate surface area is 134 Å². The monoisotopic (exact) mass is 321 g/mol.